The van der Waals surface area contributed by atoms with Crippen molar-refractivity contribution in [3.63, 3.8) is 0 Å². The maximum atomic E-state index is 12.8. The third-order valence-corrected chi connectivity index (χ3v) is 7.43. The maximum Gasteiger partial charge on any atom is 0.344 e. The number of hydrogen-bond acceptors (Lipinski definition) is 6. The highest BCUT2D eigenvalue weighted by molar-refractivity contribution is 7.91. The molecule has 0 aromatic heterocycles. The molecule has 2 fully saturated rings. The number of carbonyl (C=O) groups is 2. The Hall–Kier alpha value is -1.80. The number of ether oxygens (including phenoxy) is 2. The van der Waals surface area contributed by atoms with Crippen molar-refractivity contribution in [3.8, 4) is 5.75 Å². The van der Waals surface area contributed by atoms with Gasteiger partial charge in [-0.25, -0.2) is 13.2 Å². The van der Waals surface area contributed by atoms with Gasteiger partial charge in [-0.3, -0.25) is 4.79 Å². The second-order valence-electron chi connectivity index (χ2n) is 7.66. The molecule has 1 aromatic rings. The fourth-order valence-corrected chi connectivity index (χ4v) is 5.99. The van der Waals surface area contributed by atoms with Crippen LogP contribution in [0.5, 0.6) is 5.75 Å². The van der Waals surface area contributed by atoms with Gasteiger partial charge in [-0.2, -0.15) is 0 Å². The van der Waals surface area contributed by atoms with Gasteiger partial charge in [-0.1, -0.05) is 24.4 Å². The maximum absolute atomic E-state index is 12.8. The summed E-state index contributed by atoms with van der Waals surface area (Å²) in [4.78, 5) is 26.5. The molecule has 29 heavy (non-hydrogen) atoms. The first-order chi connectivity index (χ1) is 13.7. The third-order valence-electron chi connectivity index (χ3n) is 5.45. The first kappa shape index (κ1) is 21.9. The van der Waals surface area contributed by atoms with Crippen LogP contribution in [-0.2, 0) is 24.2 Å². The second kappa shape index (κ2) is 9.34. The number of carbonyl (C=O) groups excluding carboxylic acids is 2. The van der Waals surface area contributed by atoms with Gasteiger partial charge in [0.15, 0.2) is 23.1 Å². The normalized spacial score (nSPS) is 21.1. The van der Waals surface area contributed by atoms with Gasteiger partial charge < -0.3 is 14.4 Å². The lowest BCUT2D eigenvalue weighted by molar-refractivity contribution is -0.155. The fraction of sp³-hybridized carbons (Fsp3) is 0.600. The minimum absolute atomic E-state index is 0.0118. The molecule has 1 aromatic carbocycles. The number of halogens is 1. The number of benzene rings is 1. The Morgan fingerprint density at radius 3 is 2.48 bits per heavy atom. The summed E-state index contributed by atoms with van der Waals surface area (Å²) >= 11 is 5.89. The average Bonchev–Trinajstić information content (AvgIpc) is 3.29. The van der Waals surface area contributed by atoms with Crippen LogP contribution in [0.1, 0.15) is 37.7 Å². The highest BCUT2D eigenvalue weighted by atomic mass is 35.5. The highest BCUT2D eigenvalue weighted by Crippen LogP contribution is 2.29. The van der Waals surface area contributed by atoms with Crippen molar-refractivity contribution in [3.05, 3.63) is 28.8 Å². The van der Waals surface area contributed by atoms with Crippen LogP contribution < -0.4 is 4.74 Å². The van der Waals surface area contributed by atoms with Crippen LogP contribution in [0, 0.1) is 6.92 Å². The van der Waals surface area contributed by atoms with Gasteiger partial charge in [0.2, 0.25) is 0 Å². The minimum Gasteiger partial charge on any atom is -0.482 e. The first-order valence-corrected chi connectivity index (χ1v) is 12.0. The molecule has 2 aliphatic rings. The summed E-state index contributed by atoms with van der Waals surface area (Å²) in [5.41, 5.74) is 0.788. The van der Waals surface area contributed by atoms with Crippen molar-refractivity contribution in [1.29, 1.82) is 0 Å². The van der Waals surface area contributed by atoms with Crippen molar-refractivity contribution in [1.82, 2.24) is 4.90 Å². The van der Waals surface area contributed by atoms with E-state index in [1.165, 1.54) is 0 Å². The molecular weight excluding hydrogens is 418 g/mol. The lowest BCUT2D eigenvalue weighted by Crippen LogP contribution is -2.48. The standard InChI is InChI=1S/C20H26ClNO6S/c1-14-10-15(21)6-7-18(14)27-12-20(24)28-11-19(23)22(16-4-2-3-5-16)17-8-9-29(25,26)13-17/h6-7,10,16-17H,2-5,8-9,11-13H2,1H3. The monoisotopic (exact) mass is 443 g/mol. The van der Waals surface area contributed by atoms with Crippen molar-refractivity contribution in [2.75, 3.05) is 24.7 Å². The Kier molecular flexibility index (Phi) is 7.05. The number of hydrogen-bond donors (Lipinski definition) is 0. The van der Waals surface area contributed by atoms with Crippen molar-refractivity contribution in [2.45, 2.75) is 51.1 Å². The van der Waals surface area contributed by atoms with E-state index in [9.17, 15) is 18.0 Å². The van der Waals surface area contributed by atoms with Crippen molar-refractivity contribution in [2.24, 2.45) is 0 Å². The average molecular weight is 444 g/mol. The van der Waals surface area contributed by atoms with E-state index in [4.69, 9.17) is 21.1 Å². The molecule has 0 spiro atoms. The van der Waals surface area contributed by atoms with Crippen LogP contribution >= 0.6 is 11.6 Å². The van der Waals surface area contributed by atoms with Crippen molar-refractivity contribution < 1.29 is 27.5 Å². The van der Waals surface area contributed by atoms with Crippen molar-refractivity contribution >= 4 is 33.3 Å². The summed E-state index contributed by atoms with van der Waals surface area (Å²) in [7, 11) is -3.11. The number of sulfone groups is 1. The largest absolute Gasteiger partial charge is 0.482 e. The Morgan fingerprint density at radius 1 is 1.14 bits per heavy atom. The Labute approximate surface area is 176 Å². The van der Waals surface area contributed by atoms with E-state index in [1.54, 1.807) is 23.1 Å². The topological polar surface area (TPSA) is 90.0 Å². The molecule has 1 saturated carbocycles. The zero-order valence-corrected chi connectivity index (χ0v) is 18.0. The lowest BCUT2D eigenvalue weighted by atomic mass is 10.1. The van der Waals surface area contributed by atoms with E-state index in [1.807, 2.05) is 6.92 Å². The molecular formula is C20H26ClNO6S. The molecule has 1 unspecified atom stereocenters. The summed E-state index contributed by atoms with van der Waals surface area (Å²) in [5.74, 6) is -0.390. The first-order valence-electron chi connectivity index (χ1n) is 9.81. The zero-order chi connectivity index (χ0) is 21.0. The molecule has 0 radical (unpaired) electrons. The van der Waals surface area contributed by atoms with Gasteiger partial charge >= 0.3 is 5.97 Å². The summed E-state index contributed by atoms with van der Waals surface area (Å²) in [6.45, 7) is 1.08. The Balaban J connectivity index is 1.54. The van der Waals surface area contributed by atoms with Gasteiger partial charge in [-0.05, 0) is 49.9 Å². The molecule has 160 valence electrons. The number of aryl methyl sites for hydroxylation is 1. The number of rotatable bonds is 7. The molecule has 7 nitrogen and oxygen atoms in total. The Bertz CT molecular complexity index is 866. The number of esters is 1. The molecule has 9 heteroatoms. The van der Waals surface area contributed by atoms with Gasteiger partial charge in [0.25, 0.3) is 5.91 Å². The molecule has 0 N–H and O–H groups in total. The van der Waals surface area contributed by atoms with Gasteiger partial charge in [0, 0.05) is 17.1 Å². The smallest absolute Gasteiger partial charge is 0.344 e. The molecule has 1 amide bonds. The van der Waals surface area contributed by atoms with E-state index < -0.39 is 22.4 Å². The van der Waals surface area contributed by atoms with Gasteiger partial charge in [-0.15, -0.1) is 0 Å². The minimum atomic E-state index is -3.11. The molecule has 0 bridgehead atoms. The van der Waals surface area contributed by atoms with Crippen LogP contribution in [0.15, 0.2) is 18.2 Å². The van der Waals surface area contributed by atoms with Crippen LogP contribution in [0.4, 0.5) is 0 Å². The summed E-state index contributed by atoms with van der Waals surface area (Å²) < 4.78 is 34.3. The quantitative estimate of drug-likeness (QED) is 0.601. The summed E-state index contributed by atoms with van der Waals surface area (Å²) in [6, 6.07) is 4.74. The van der Waals surface area contributed by atoms with Crippen LogP contribution in [0.3, 0.4) is 0 Å². The van der Waals surface area contributed by atoms with E-state index in [2.05, 4.69) is 0 Å². The van der Waals surface area contributed by atoms with Crippen LogP contribution in [0.25, 0.3) is 0 Å². The van der Waals surface area contributed by atoms with Crippen LogP contribution in [0.2, 0.25) is 5.02 Å². The van der Waals surface area contributed by atoms with E-state index in [0.29, 0.717) is 17.2 Å². The predicted octanol–water partition coefficient (Wildman–Crippen LogP) is 2.53. The second-order valence-corrected chi connectivity index (χ2v) is 10.3. The summed E-state index contributed by atoms with van der Waals surface area (Å²) in [5, 5.41) is 0.573. The third kappa shape index (κ3) is 5.85. The predicted molar refractivity (Wildman–Crippen MR) is 109 cm³/mol. The van der Waals surface area contributed by atoms with Gasteiger partial charge in [0.1, 0.15) is 5.75 Å². The molecule has 1 atom stereocenters. The fourth-order valence-electron chi connectivity index (χ4n) is 4.05. The van der Waals surface area contributed by atoms with E-state index >= 15 is 0 Å². The van der Waals surface area contributed by atoms with E-state index in [-0.39, 0.29) is 36.1 Å². The number of nitrogens with zero attached hydrogens (tertiary/aromatic N) is 1. The van der Waals surface area contributed by atoms with Crippen LogP contribution in [-0.4, -0.2) is 62.0 Å². The summed E-state index contributed by atoms with van der Waals surface area (Å²) in [6.07, 6.45) is 4.19. The number of amides is 1. The molecule has 1 saturated heterocycles. The molecule has 3 rings (SSSR count). The highest BCUT2D eigenvalue weighted by Gasteiger charge is 2.39. The van der Waals surface area contributed by atoms with E-state index in [0.717, 1.165) is 31.2 Å². The Morgan fingerprint density at radius 2 is 1.86 bits per heavy atom. The van der Waals surface area contributed by atoms with Gasteiger partial charge in [0.05, 0.1) is 11.5 Å². The lowest BCUT2D eigenvalue weighted by Gasteiger charge is -2.33. The molecule has 1 aliphatic carbocycles. The molecule has 1 heterocycles. The molecule has 1 aliphatic heterocycles. The zero-order valence-electron chi connectivity index (χ0n) is 16.4. The SMILES string of the molecule is Cc1cc(Cl)ccc1OCC(=O)OCC(=O)N(C1CCCC1)C1CCS(=O)(=O)C1.